The number of halogens is 7. The van der Waals surface area contributed by atoms with Crippen molar-refractivity contribution >= 4 is 0 Å². The first-order chi connectivity index (χ1) is 9.94. The van der Waals surface area contributed by atoms with Crippen molar-refractivity contribution in [3.8, 4) is 0 Å². The van der Waals surface area contributed by atoms with Crippen LogP contribution in [0.25, 0.3) is 0 Å². The van der Waals surface area contributed by atoms with E-state index in [9.17, 15) is 30.7 Å². The second-order valence-electron chi connectivity index (χ2n) is 5.54. The van der Waals surface area contributed by atoms with Crippen LogP contribution in [0.1, 0.15) is 13.3 Å². The van der Waals surface area contributed by atoms with Crippen molar-refractivity contribution in [1.29, 1.82) is 0 Å². The van der Waals surface area contributed by atoms with Gasteiger partial charge in [0, 0.05) is 0 Å². The van der Waals surface area contributed by atoms with E-state index < -0.39 is 68.8 Å². The van der Waals surface area contributed by atoms with Gasteiger partial charge in [0.2, 0.25) is 0 Å². The highest BCUT2D eigenvalue weighted by atomic mass is 19.2. The molecule has 0 spiro atoms. The van der Waals surface area contributed by atoms with Gasteiger partial charge in [-0.25, -0.2) is 13.2 Å². The lowest BCUT2D eigenvalue weighted by atomic mass is 9.54. The average Bonchev–Trinajstić information content (AvgIpc) is 2.78. The molecule has 0 N–H and O–H groups in total. The van der Waals surface area contributed by atoms with Gasteiger partial charge in [-0.15, -0.1) is 0 Å². The summed E-state index contributed by atoms with van der Waals surface area (Å²) in [6.07, 6.45) is -0.374. The number of ether oxygens (including phenoxy) is 1. The molecule has 1 heterocycles. The van der Waals surface area contributed by atoms with E-state index in [4.69, 9.17) is 4.74 Å². The zero-order valence-corrected chi connectivity index (χ0v) is 11.7. The van der Waals surface area contributed by atoms with Crippen molar-refractivity contribution in [3.63, 3.8) is 0 Å². The summed E-state index contributed by atoms with van der Waals surface area (Å²) in [6.45, 7) is -10.5. The fraction of sp³-hybridized carbons (Fsp3) is 1.00. The Bertz CT molecular complexity index is 301. The van der Waals surface area contributed by atoms with E-state index in [1.54, 1.807) is 0 Å². The highest BCUT2D eigenvalue weighted by Crippen LogP contribution is 2.65. The lowest BCUT2D eigenvalue weighted by molar-refractivity contribution is -0.164. The number of alkyl halides is 7. The van der Waals surface area contributed by atoms with Crippen LogP contribution in [0.4, 0.5) is 30.7 Å². The molecule has 0 amide bonds. The van der Waals surface area contributed by atoms with Gasteiger partial charge >= 0.3 is 0 Å². The van der Waals surface area contributed by atoms with E-state index in [1.807, 2.05) is 0 Å². The molecule has 1 aliphatic rings. The lowest BCUT2D eigenvalue weighted by Gasteiger charge is -2.47. The molecule has 0 aromatic carbocycles. The van der Waals surface area contributed by atoms with Gasteiger partial charge in [0.15, 0.2) is 0 Å². The monoisotopic (exact) mass is 324 g/mol. The van der Waals surface area contributed by atoms with Crippen LogP contribution in [0.15, 0.2) is 0 Å². The smallest absolute Gasteiger partial charge is 0.137 e. The van der Waals surface area contributed by atoms with E-state index >= 15 is 0 Å². The summed E-state index contributed by atoms with van der Waals surface area (Å²) in [5, 5.41) is 0. The topological polar surface area (TPSA) is 9.23 Å². The van der Waals surface area contributed by atoms with Crippen molar-refractivity contribution < 1.29 is 35.5 Å². The van der Waals surface area contributed by atoms with Crippen LogP contribution in [0, 0.1) is 10.8 Å². The largest absolute Gasteiger partial charge is 0.359 e. The Balaban J connectivity index is 3.71. The number of hydrogen-bond acceptors (Lipinski definition) is 1. The molecule has 0 aromatic heterocycles. The second kappa shape index (κ2) is 6.30. The Labute approximate surface area is 118 Å². The molecule has 1 atom stereocenters. The number of rotatable bonds is 8. The molecule has 1 unspecified atom stereocenters. The zero-order valence-electron chi connectivity index (χ0n) is 11.7. The normalized spacial score (nSPS) is 29.7. The van der Waals surface area contributed by atoms with E-state index in [0.717, 1.165) is 0 Å². The highest BCUT2D eigenvalue weighted by Gasteiger charge is 2.79. The predicted octanol–water partition coefficient (Wildman–Crippen LogP) is 3.66. The first-order valence-corrected chi connectivity index (χ1v) is 6.56. The van der Waals surface area contributed by atoms with E-state index in [-0.39, 0.29) is 6.42 Å². The summed E-state index contributed by atoms with van der Waals surface area (Å²) in [6, 6.07) is 0. The molecule has 21 heavy (non-hydrogen) atoms. The van der Waals surface area contributed by atoms with Gasteiger partial charge < -0.3 is 4.74 Å². The van der Waals surface area contributed by atoms with Gasteiger partial charge in [-0.2, -0.15) is 0 Å². The maximum atomic E-state index is 13.6. The SMILES string of the molecule is CCC1(CF)OC(CF)(CF)C(CF)(CF)C1(CF)CF. The van der Waals surface area contributed by atoms with Gasteiger partial charge in [0.1, 0.15) is 57.9 Å². The van der Waals surface area contributed by atoms with Crippen molar-refractivity contribution in [3.05, 3.63) is 0 Å². The summed E-state index contributed by atoms with van der Waals surface area (Å²) in [5.41, 5.74) is -10.4. The standard InChI is InChI=1S/C13H19F7O/c1-2-12(7-18)10(3-14,4-15)11(5-16,6-17)13(8-19,9-20)21-12/h2-9H2,1H3. The van der Waals surface area contributed by atoms with Crippen LogP contribution in [-0.4, -0.2) is 57.9 Å². The van der Waals surface area contributed by atoms with Gasteiger partial charge in [-0.05, 0) is 6.42 Å². The van der Waals surface area contributed by atoms with Crippen LogP contribution in [0.2, 0.25) is 0 Å². The Hall–Kier alpha value is -0.530. The molecule has 1 fully saturated rings. The molecule has 1 rings (SSSR count). The molecule has 126 valence electrons. The van der Waals surface area contributed by atoms with Crippen molar-refractivity contribution in [2.75, 3.05) is 46.7 Å². The minimum absolute atomic E-state index is 0.374. The molecule has 0 radical (unpaired) electrons. The molecule has 0 saturated carbocycles. The molecule has 1 aliphatic heterocycles. The maximum Gasteiger partial charge on any atom is 0.137 e. The average molecular weight is 324 g/mol. The first kappa shape index (κ1) is 18.5. The van der Waals surface area contributed by atoms with Crippen molar-refractivity contribution in [2.24, 2.45) is 10.8 Å². The quantitative estimate of drug-likeness (QED) is 0.619. The van der Waals surface area contributed by atoms with Gasteiger partial charge in [0.05, 0.1) is 10.8 Å². The minimum Gasteiger partial charge on any atom is -0.359 e. The van der Waals surface area contributed by atoms with E-state index in [1.165, 1.54) is 6.92 Å². The molecule has 0 aromatic rings. The summed E-state index contributed by atoms with van der Waals surface area (Å²) in [7, 11) is 0. The first-order valence-electron chi connectivity index (χ1n) is 6.56. The van der Waals surface area contributed by atoms with Gasteiger partial charge in [0.25, 0.3) is 0 Å². The predicted molar refractivity (Wildman–Crippen MR) is 63.5 cm³/mol. The van der Waals surface area contributed by atoms with Crippen LogP contribution in [0.3, 0.4) is 0 Å². The Kier molecular flexibility index (Phi) is 5.56. The molecule has 1 saturated heterocycles. The maximum absolute atomic E-state index is 13.6. The van der Waals surface area contributed by atoms with Crippen molar-refractivity contribution in [2.45, 2.75) is 24.5 Å². The Morgan fingerprint density at radius 1 is 0.571 bits per heavy atom. The van der Waals surface area contributed by atoms with Crippen LogP contribution in [-0.2, 0) is 4.74 Å². The zero-order chi connectivity index (χ0) is 16.4. The summed E-state index contributed by atoms with van der Waals surface area (Å²) in [5.74, 6) is 0. The van der Waals surface area contributed by atoms with Crippen LogP contribution in [0.5, 0.6) is 0 Å². The third-order valence-electron chi connectivity index (χ3n) is 5.18. The number of hydrogen-bond donors (Lipinski definition) is 0. The van der Waals surface area contributed by atoms with Crippen molar-refractivity contribution in [1.82, 2.24) is 0 Å². The fourth-order valence-corrected chi connectivity index (χ4v) is 3.52. The third-order valence-corrected chi connectivity index (χ3v) is 5.18. The fourth-order valence-electron chi connectivity index (χ4n) is 3.52. The van der Waals surface area contributed by atoms with E-state index in [2.05, 4.69) is 0 Å². The van der Waals surface area contributed by atoms with Crippen LogP contribution >= 0.6 is 0 Å². The minimum atomic E-state index is -2.75. The summed E-state index contributed by atoms with van der Waals surface area (Å²) < 4.78 is 99.8. The lowest BCUT2D eigenvalue weighted by Crippen LogP contribution is -2.62. The molecule has 1 nitrogen and oxygen atoms in total. The highest BCUT2D eigenvalue weighted by molar-refractivity contribution is 5.23. The van der Waals surface area contributed by atoms with Gasteiger partial charge in [-0.3, -0.25) is 17.6 Å². The Morgan fingerprint density at radius 2 is 0.905 bits per heavy atom. The van der Waals surface area contributed by atoms with Gasteiger partial charge in [-0.1, -0.05) is 6.92 Å². The molecular formula is C13H19F7O. The molecule has 0 bridgehead atoms. The second-order valence-corrected chi connectivity index (χ2v) is 5.54. The molecular weight excluding hydrogens is 305 g/mol. The molecule has 8 heteroatoms. The molecule has 0 aliphatic carbocycles. The van der Waals surface area contributed by atoms with Crippen LogP contribution < -0.4 is 0 Å². The third kappa shape index (κ3) is 1.86. The summed E-state index contributed by atoms with van der Waals surface area (Å²) >= 11 is 0. The van der Waals surface area contributed by atoms with E-state index in [0.29, 0.717) is 0 Å². The summed E-state index contributed by atoms with van der Waals surface area (Å²) in [4.78, 5) is 0. The Morgan fingerprint density at radius 3 is 1.14 bits per heavy atom.